The van der Waals surface area contributed by atoms with Crippen LogP contribution in [0, 0.1) is 0 Å². The number of hydrogen-bond donors (Lipinski definition) is 3. The highest BCUT2D eigenvalue weighted by Crippen LogP contribution is 2.15. The largest absolute Gasteiger partial charge is 0.481 e. The van der Waals surface area contributed by atoms with Gasteiger partial charge in [0.1, 0.15) is 0 Å². The molecule has 0 aliphatic heterocycles. The predicted octanol–water partition coefficient (Wildman–Crippen LogP) is 2.61. The summed E-state index contributed by atoms with van der Waals surface area (Å²) >= 11 is 0. The van der Waals surface area contributed by atoms with Crippen molar-refractivity contribution in [1.82, 2.24) is 0 Å². The van der Waals surface area contributed by atoms with E-state index in [0.29, 0.717) is 0 Å². The molecule has 18 heavy (non-hydrogen) atoms. The topological polar surface area (TPSA) is 112 Å². The fourth-order valence-corrected chi connectivity index (χ4v) is 1.06. The van der Waals surface area contributed by atoms with Crippen LogP contribution < -0.4 is 0 Å². The molecule has 6 heteroatoms. The Morgan fingerprint density at radius 1 is 0.556 bits per heavy atom. The zero-order valence-electron chi connectivity index (χ0n) is 11.3. The Balaban J connectivity index is -0.000000171. The SMILES string of the molecule is C1CCCCC1.CC(=O)O.CC(=O)O.CC(=O)O. The van der Waals surface area contributed by atoms with E-state index in [0.717, 1.165) is 20.8 Å². The van der Waals surface area contributed by atoms with Crippen LogP contribution >= 0.6 is 0 Å². The third-order valence-corrected chi connectivity index (χ3v) is 1.50. The molecule has 0 atom stereocenters. The average molecular weight is 264 g/mol. The summed E-state index contributed by atoms with van der Waals surface area (Å²) in [5, 5.41) is 22.2. The lowest BCUT2D eigenvalue weighted by atomic mass is 10.0. The molecule has 1 aliphatic rings. The first-order valence-corrected chi connectivity index (χ1v) is 5.78. The quantitative estimate of drug-likeness (QED) is 0.620. The highest BCUT2D eigenvalue weighted by atomic mass is 16.4. The van der Waals surface area contributed by atoms with Gasteiger partial charge in [-0.15, -0.1) is 0 Å². The molecule has 1 aliphatic carbocycles. The predicted molar refractivity (Wildman–Crippen MR) is 67.6 cm³/mol. The van der Waals surface area contributed by atoms with Gasteiger partial charge in [0.15, 0.2) is 0 Å². The van der Waals surface area contributed by atoms with Crippen LogP contribution in [-0.2, 0) is 14.4 Å². The molecular formula is C12H24O6. The molecule has 0 saturated heterocycles. The molecular weight excluding hydrogens is 240 g/mol. The fourth-order valence-electron chi connectivity index (χ4n) is 1.06. The zero-order chi connectivity index (χ0) is 15.0. The van der Waals surface area contributed by atoms with E-state index in [-0.39, 0.29) is 0 Å². The second-order valence-electron chi connectivity index (χ2n) is 3.68. The van der Waals surface area contributed by atoms with Gasteiger partial charge in [0.05, 0.1) is 0 Å². The smallest absolute Gasteiger partial charge is 0.300 e. The first-order chi connectivity index (χ1) is 8.20. The Morgan fingerprint density at radius 2 is 0.611 bits per heavy atom. The monoisotopic (exact) mass is 264 g/mol. The first kappa shape index (κ1) is 21.7. The molecule has 1 fully saturated rings. The number of carboxylic acid groups (broad SMARTS) is 3. The van der Waals surface area contributed by atoms with Crippen LogP contribution in [0.2, 0.25) is 0 Å². The van der Waals surface area contributed by atoms with E-state index in [9.17, 15) is 0 Å². The van der Waals surface area contributed by atoms with Crippen LogP contribution in [0.5, 0.6) is 0 Å². The Kier molecular flexibility index (Phi) is 21.4. The summed E-state index contributed by atoms with van der Waals surface area (Å²) in [6, 6.07) is 0. The van der Waals surface area contributed by atoms with Crippen molar-refractivity contribution in [2.45, 2.75) is 59.3 Å². The number of aliphatic carboxylic acids is 3. The molecule has 108 valence electrons. The van der Waals surface area contributed by atoms with Crippen LogP contribution in [-0.4, -0.2) is 33.2 Å². The van der Waals surface area contributed by atoms with Crippen molar-refractivity contribution < 1.29 is 29.7 Å². The van der Waals surface area contributed by atoms with Crippen LogP contribution in [0.15, 0.2) is 0 Å². The van der Waals surface area contributed by atoms with E-state index in [1.165, 1.54) is 38.5 Å². The average Bonchev–Trinajstić information content (AvgIpc) is 2.17. The molecule has 0 heterocycles. The lowest BCUT2D eigenvalue weighted by molar-refractivity contribution is -0.135. The molecule has 0 aromatic heterocycles. The standard InChI is InChI=1S/C6H12.3C2H4O2/c1-2-4-6-5-3-1;3*1-2(3)4/h1-6H2;3*1H3,(H,3,4). The third kappa shape index (κ3) is 133. The van der Waals surface area contributed by atoms with Crippen molar-refractivity contribution in [2.75, 3.05) is 0 Å². The second kappa shape index (κ2) is 17.8. The molecule has 0 unspecified atom stereocenters. The minimum absolute atomic E-state index is 0.833. The summed E-state index contributed by atoms with van der Waals surface area (Å²) in [5.74, 6) is -2.50. The van der Waals surface area contributed by atoms with E-state index < -0.39 is 17.9 Å². The van der Waals surface area contributed by atoms with Crippen LogP contribution in [0.3, 0.4) is 0 Å². The van der Waals surface area contributed by atoms with Crippen molar-refractivity contribution in [3.8, 4) is 0 Å². The summed E-state index contributed by atoms with van der Waals surface area (Å²) in [7, 11) is 0. The Labute approximate surface area is 108 Å². The fraction of sp³-hybridized carbons (Fsp3) is 0.750. The van der Waals surface area contributed by atoms with Crippen molar-refractivity contribution >= 4 is 17.9 Å². The van der Waals surface area contributed by atoms with E-state index in [4.69, 9.17) is 29.7 Å². The lowest BCUT2D eigenvalue weighted by Gasteiger charge is -2.05. The molecule has 0 amide bonds. The van der Waals surface area contributed by atoms with Gasteiger partial charge in [0.25, 0.3) is 17.9 Å². The molecule has 0 spiro atoms. The second-order valence-corrected chi connectivity index (χ2v) is 3.68. The molecule has 0 bridgehead atoms. The van der Waals surface area contributed by atoms with Crippen molar-refractivity contribution in [3.63, 3.8) is 0 Å². The summed E-state index contributed by atoms with van der Waals surface area (Å²) in [5.41, 5.74) is 0. The van der Waals surface area contributed by atoms with Crippen LogP contribution in [0.1, 0.15) is 59.3 Å². The van der Waals surface area contributed by atoms with Gasteiger partial charge < -0.3 is 15.3 Å². The minimum atomic E-state index is -0.833. The van der Waals surface area contributed by atoms with Gasteiger partial charge in [-0.3, -0.25) is 14.4 Å². The first-order valence-electron chi connectivity index (χ1n) is 5.78. The number of hydrogen-bond acceptors (Lipinski definition) is 3. The summed E-state index contributed by atoms with van der Waals surface area (Å²) in [6.45, 7) is 3.25. The molecule has 0 radical (unpaired) electrons. The number of carboxylic acids is 3. The van der Waals surface area contributed by atoms with Gasteiger partial charge in [0, 0.05) is 20.8 Å². The molecule has 6 nitrogen and oxygen atoms in total. The Bertz CT molecular complexity index is 169. The van der Waals surface area contributed by atoms with Crippen LogP contribution in [0.4, 0.5) is 0 Å². The highest BCUT2D eigenvalue weighted by Gasteiger charge is 1.95. The maximum atomic E-state index is 9.00. The normalized spacial score (nSPS) is 12.2. The highest BCUT2D eigenvalue weighted by molar-refractivity contribution is 5.63. The molecule has 3 N–H and O–H groups in total. The van der Waals surface area contributed by atoms with E-state index in [2.05, 4.69) is 0 Å². The molecule has 0 aromatic rings. The van der Waals surface area contributed by atoms with E-state index in [1.54, 1.807) is 0 Å². The number of rotatable bonds is 0. The summed E-state index contributed by atoms with van der Waals surface area (Å²) < 4.78 is 0. The van der Waals surface area contributed by atoms with Gasteiger partial charge in [0.2, 0.25) is 0 Å². The third-order valence-electron chi connectivity index (χ3n) is 1.50. The molecule has 1 rings (SSSR count). The van der Waals surface area contributed by atoms with Crippen molar-refractivity contribution in [1.29, 1.82) is 0 Å². The number of carbonyl (C=O) groups is 3. The Hall–Kier alpha value is -1.59. The van der Waals surface area contributed by atoms with E-state index >= 15 is 0 Å². The van der Waals surface area contributed by atoms with Gasteiger partial charge in [-0.05, 0) is 0 Å². The maximum Gasteiger partial charge on any atom is 0.300 e. The zero-order valence-corrected chi connectivity index (χ0v) is 11.3. The summed E-state index contributed by atoms with van der Waals surface area (Å²) in [4.78, 5) is 27.0. The van der Waals surface area contributed by atoms with Gasteiger partial charge in [-0.2, -0.15) is 0 Å². The van der Waals surface area contributed by atoms with E-state index in [1.807, 2.05) is 0 Å². The molecule has 1 saturated carbocycles. The molecule has 0 aromatic carbocycles. The maximum absolute atomic E-state index is 9.00. The Morgan fingerprint density at radius 3 is 0.667 bits per heavy atom. The van der Waals surface area contributed by atoms with Crippen molar-refractivity contribution in [2.24, 2.45) is 0 Å². The van der Waals surface area contributed by atoms with Crippen LogP contribution in [0.25, 0.3) is 0 Å². The van der Waals surface area contributed by atoms with Gasteiger partial charge in [-0.25, -0.2) is 0 Å². The van der Waals surface area contributed by atoms with Gasteiger partial charge >= 0.3 is 0 Å². The minimum Gasteiger partial charge on any atom is -0.481 e. The summed E-state index contributed by atoms with van der Waals surface area (Å²) in [6.07, 6.45) is 9.00. The van der Waals surface area contributed by atoms with Crippen molar-refractivity contribution in [3.05, 3.63) is 0 Å². The lowest BCUT2D eigenvalue weighted by Crippen LogP contribution is -1.85. The van der Waals surface area contributed by atoms with Gasteiger partial charge in [-0.1, -0.05) is 38.5 Å².